The van der Waals surface area contributed by atoms with Crippen LogP contribution in [-0.4, -0.2) is 16.4 Å². The van der Waals surface area contributed by atoms with Crippen molar-refractivity contribution < 1.29 is 13.4 Å². The quantitative estimate of drug-likeness (QED) is 0.682. The first-order valence-corrected chi connectivity index (χ1v) is 9.40. The fourth-order valence-corrected chi connectivity index (χ4v) is 3.00. The number of nitrogens with two attached hydrogens (primary N) is 1. The Morgan fingerprint density at radius 2 is 1.58 bits per heavy atom. The summed E-state index contributed by atoms with van der Waals surface area (Å²) in [7, 11) is -1.10. The largest absolute Gasteiger partial charge is 0.397 e. The predicted molar refractivity (Wildman–Crippen MR) is 103 cm³/mol. The molecular formula is C20H17FN2O2S. The topological polar surface area (TPSA) is 72.2 Å². The molecule has 1 unspecified atom stereocenters. The van der Waals surface area contributed by atoms with Gasteiger partial charge in [0.1, 0.15) is 5.82 Å². The summed E-state index contributed by atoms with van der Waals surface area (Å²) in [6.45, 7) is 0. The molecule has 26 heavy (non-hydrogen) atoms. The molecule has 0 aliphatic carbocycles. The van der Waals surface area contributed by atoms with Crippen LogP contribution < -0.4 is 11.1 Å². The van der Waals surface area contributed by atoms with Crippen LogP contribution in [0.25, 0.3) is 11.1 Å². The Kier molecular flexibility index (Phi) is 5.14. The minimum absolute atomic E-state index is 0.311. The molecule has 1 atom stereocenters. The van der Waals surface area contributed by atoms with E-state index in [1.807, 2.05) is 6.07 Å². The number of halogens is 1. The summed E-state index contributed by atoms with van der Waals surface area (Å²) in [4.78, 5) is 13.1. The van der Waals surface area contributed by atoms with Crippen molar-refractivity contribution in [3.63, 3.8) is 0 Å². The van der Waals surface area contributed by atoms with Crippen molar-refractivity contribution in [2.24, 2.45) is 0 Å². The maximum atomic E-state index is 13.1. The first-order valence-electron chi connectivity index (χ1n) is 7.84. The zero-order valence-electron chi connectivity index (χ0n) is 14.0. The van der Waals surface area contributed by atoms with Crippen LogP contribution in [0.4, 0.5) is 15.8 Å². The molecular weight excluding hydrogens is 351 g/mol. The summed E-state index contributed by atoms with van der Waals surface area (Å²) < 4.78 is 24.5. The molecule has 132 valence electrons. The molecule has 0 fully saturated rings. The minimum atomic E-state index is -1.10. The van der Waals surface area contributed by atoms with E-state index in [2.05, 4.69) is 5.32 Å². The molecule has 3 aromatic rings. The smallest absolute Gasteiger partial charge is 0.255 e. The van der Waals surface area contributed by atoms with E-state index in [0.29, 0.717) is 21.8 Å². The molecule has 3 aromatic carbocycles. The van der Waals surface area contributed by atoms with Gasteiger partial charge in [-0.05, 0) is 59.7 Å². The summed E-state index contributed by atoms with van der Waals surface area (Å²) >= 11 is 0. The number of nitrogens with one attached hydrogen (secondary N) is 1. The Morgan fingerprint density at radius 1 is 0.962 bits per heavy atom. The lowest BCUT2D eigenvalue weighted by Crippen LogP contribution is -2.13. The highest BCUT2D eigenvalue weighted by Gasteiger charge is 2.10. The Balaban J connectivity index is 1.84. The summed E-state index contributed by atoms with van der Waals surface area (Å²) in [5, 5.41) is 2.78. The lowest BCUT2D eigenvalue weighted by Gasteiger charge is -2.11. The second-order valence-electron chi connectivity index (χ2n) is 5.74. The van der Waals surface area contributed by atoms with E-state index >= 15 is 0 Å². The predicted octanol–water partition coefficient (Wildman–Crippen LogP) is 4.06. The maximum Gasteiger partial charge on any atom is 0.255 e. The molecule has 6 heteroatoms. The van der Waals surface area contributed by atoms with Gasteiger partial charge < -0.3 is 11.1 Å². The van der Waals surface area contributed by atoms with Gasteiger partial charge in [-0.2, -0.15) is 0 Å². The highest BCUT2D eigenvalue weighted by Crippen LogP contribution is 2.28. The molecule has 0 aliphatic rings. The number of benzene rings is 3. The van der Waals surface area contributed by atoms with Gasteiger partial charge in [0.05, 0.1) is 11.4 Å². The Morgan fingerprint density at radius 3 is 2.19 bits per heavy atom. The summed E-state index contributed by atoms with van der Waals surface area (Å²) in [5.41, 5.74) is 8.93. The van der Waals surface area contributed by atoms with Crippen molar-refractivity contribution >= 4 is 28.1 Å². The van der Waals surface area contributed by atoms with Crippen molar-refractivity contribution in [1.29, 1.82) is 0 Å². The lowest BCUT2D eigenvalue weighted by molar-refractivity contribution is 0.102. The van der Waals surface area contributed by atoms with Gasteiger partial charge in [0.2, 0.25) is 0 Å². The van der Waals surface area contributed by atoms with Gasteiger partial charge in [-0.3, -0.25) is 9.00 Å². The van der Waals surface area contributed by atoms with Crippen molar-refractivity contribution in [3.05, 3.63) is 78.1 Å². The van der Waals surface area contributed by atoms with E-state index in [1.165, 1.54) is 12.1 Å². The van der Waals surface area contributed by atoms with Crippen LogP contribution in [0.1, 0.15) is 10.4 Å². The molecule has 0 radical (unpaired) electrons. The number of carbonyl (C=O) groups is 1. The van der Waals surface area contributed by atoms with E-state index < -0.39 is 10.8 Å². The van der Waals surface area contributed by atoms with Gasteiger partial charge in [0.25, 0.3) is 5.91 Å². The monoisotopic (exact) mass is 368 g/mol. The molecule has 0 spiro atoms. The zero-order valence-corrected chi connectivity index (χ0v) is 14.8. The van der Waals surface area contributed by atoms with Gasteiger partial charge in [-0.15, -0.1) is 0 Å². The van der Waals surface area contributed by atoms with Gasteiger partial charge in [0, 0.05) is 27.5 Å². The molecule has 0 bridgehead atoms. The highest BCUT2D eigenvalue weighted by molar-refractivity contribution is 7.84. The van der Waals surface area contributed by atoms with Gasteiger partial charge in [-0.1, -0.05) is 18.2 Å². The van der Waals surface area contributed by atoms with Crippen LogP contribution in [0.2, 0.25) is 0 Å². The van der Waals surface area contributed by atoms with Crippen molar-refractivity contribution in [2.45, 2.75) is 4.90 Å². The Bertz CT molecular complexity index is 970. The number of hydrogen-bond donors (Lipinski definition) is 2. The average Bonchev–Trinajstić information content (AvgIpc) is 2.64. The summed E-state index contributed by atoms with van der Waals surface area (Å²) in [6.07, 6.45) is 1.58. The van der Waals surface area contributed by atoms with E-state index in [9.17, 15) is 13.4 Å². The normalized spacial score (nSPS) is 11.8. The molecule has 1 amide bonds. The van der Waals surface area contributed by atoms with Crippen molar-refractivity contribution in [1.82, 2.24) is 0 Å². The maximum absolute atomic E-state index is 13.1. The summed E-state index contributed by atoms with van der Waals surface area (Å²) in [5.74, 6) is -0.629. The SMILES string of the molecule is CS(=O)c1ccc(C(=O)Nc2cc(-c3ccc(F)cc3)ccc2N)cc1. The second kappa shape index (κ2) is 7.49. The average molecular weight is 368 g/mol. The molecule has 0 saturated heterocycles. The number of hydrogen-bond acceptors (Lipinski definition) is 3. The fourth-order valence-electron chi connectivity index (χ4n) is 2.48. The molecule has 0 aromatic heterocycles. The van der Waals surface area contributed by atoms with Crippen LogP contribution in [0.15, 0.2) is 71.6 Å². The first-order chi connectivity index (χ1) is 12.4. The highest BCUT2D eigenvalue weighted by atomic mass is 32.2. The standard InChI is InChI=1S/C20H17FN2O2S/c1-26(25)17-9-4-14(5-10-17)20(24)23-19-12-15(6-11-18(19)22)13-2-7-16(21)8-3-13/h2-12H,22H2,1H3,(H,23,24). The molecule has 3 rings (SSSR count). The third-order valence-electron chi connectivity index (χ3n) is 3.93. The van der Waals surface area contributed by atoms with E-state index in [0.717, 1.165) is 11.1 Å². The van der Waals surface area contributed by atoms with Gasteiger partial charge in [-0.25, -0.2) is 4.39 Å². The summed E-state index contributed by atoms with van der Waals surface area (Å²) in [6, 6.07) is 17.9. The van der Waals surface area contributed by atoms with Crippen LogP contribution in [0.5, 0.6) is 0 Å². The molecule has 0 heterocycles. The number of rotatable bonds is 4. The third-order valence-corrected chi connectivity index (χ3v) is 4.86. The number of anilines is 2. The first kappa shape index (κ1) is 17.8. The van der Waals surface area contributed by atoms with E-state index in [4.69, 9.17) is 5.73 Å². The number of amides is 1. The van der Waals surface area contributed by atoms with Crippen molar-refractivity contribution in [2.75, 3.05) is 17.3 Å². The van der Waals surface area contributed by atoms with Crippen LogP contribution in [0.3, 0.4) is 0 Å². The Hall–Kier alpha value is -2.99. The number of nitrogen functional groups attached to an aromatic ring is 1. The minimum Gasteiger partial charge on any atom is -0.397 e. The van der Waals surface area contributed by atoms with E-state index in [1.54, 1.807) is 54.8 Å². The Labute approximate surface area is 153 Å². The van der Waals surface area contributed by atoms with E-state index in [-0.39, 0.29) is 11.7 Å². The van der Waals surface area contributed by atoms with Gasteiger partial charge in [0.15, 0.2) is 0 Å². The number of carbonyl (C=O) groups excluding carboxylic acids is 1. The zero-order chi connectivity index (χ0) is 18.7. The second-order valence-corrected chi connectivity index (χ2v) is 7.12. The fraction of sp³-hybridized carbons (Fsp3) is 0.0500. The van der Waals surface area contributed by atoms with Crippen LogP contribution >= 0.6 is 0 Å². The molecule has 4 nitrogen and oxygen atoms in total. The van der Waals surface area contributed by atoms with Crippen molar-refractivity contribution in [3.8, 4) is 11.1 Å². The van der Waals surface area contributed by atoms with Crippen LogP contribution in [-0.2, 0) is 10.8 Å². The molecule has 3 N–H and O–H groups in total. The molecule has 0 aliphatic heterocycles. The third kappa shape index (κ3) is 3.97. The molecule has 0 saturated carbocycles. The van der Waals surface area contributed by atoms with Gasteiger partial charge >= 0.3 is 0 Å². The van der Waals surface area contributed by atoms with Crippen LogP contribution in [0, 0.1) is 5.82 Å². The lowest BCUT2D eigenvalue weighted by atomic mass is 10.0.